The molecule has 0 heterocycles. The van der Waals surface area contributed by atoms with Crippen LogP contribution in [0.1, 0.15) is 81.0 Å². The van der Waals surface area contributed by atoms with E-state index in [2.05, 4.69) is 0 Å². The molecule has 0 aliphatic heterocycles. The normalized spacial score (nSPS) is 10.3. The summed E-state index contributed by atoms with van der Waals surface area (Å²) < 4.78 is 0. The Kier molecular flexibility index (Phi) is 26.3. The number of aliphatic hydroxyl groups excluding tert-OH is 2. The second-order valence-corrected chi connectivity index (χ2v) is 10.6. The molecule has 10 nitrogen and oxygen atoms in total. The van der Waals surface area contributed by atoms with Crippen LogP contribution in [-0.2, 0) is 0 Å². The van der Waals surface area contributed by atoms with Crippen LogP contribution in [0, 0.1) is 0 Å². The minimum atomic E-state index is -0.879. The monoisotopic (exact) mass is 712 g/mol. The van der Waals surface area contributed by atoms with Gasteiger partial charge in [0.25, 0.3) is 0 Å². The summed E-state index contributed by atoms with van der Waals surface area (Å²) >= 11 is 0. The second kappa shape index (κ2) is 29.8. The molecule has 0 aliphatic carbocycles. The van der Waals surface area contributed by atoms with E-state index < -0.39 is 23.9 Å². The fourth-order valence-electron chi connectivity index (χ4n) is 3.64. The number of hydrogen-bond donors (Lipinski definition) is 6. The van der Waals surface area contributed by atoms with Gasteiger partial charge in [0.2, 0.25) is 0 Å². The molecule has 0 bridgehead atoms. The summed E-state index contributed by atoms with van der Waals surface area (Å²) in [7, 11) is 0. The molecule has 276 valence electrons. The van der Waals surface area contributed by atoms with Crippen molar-refractivity contribution in [2.45, 2.75) is 51.7 Å². The Morgan fingerprint density at radius 3 is 0.769 bits per heavy atom. The van der Waals surface area contributed by atoms with Gasteiger partial charge in [0, 0.05) is 0 Å². The van der Waals surface area contributed by atoms with Gasteiger partial charge in [-0.2, -0.15) is 0 Å². The second-order valence-electron chi connectivity index (χ2n) is 10.6. The van der Waals surface area contributed by atoms with Crippen molar-refractivity contribution in [3.63, 3.8) is 0 Å². The highest BCUT2D eigenvalue weighted by atomic mass is 16.4. The lowest BCUT2D eigenvalue weighted by molar-refractivity contribution is 0.0686. The molecule has 0 radical (unpaired) electrons. The number of carbonyl (C=O) groups is 4. The molecular weight excluding hydrogens is 664 g/mol. The van der Waals surface area contributed by atoms with Crippen molar-refractivity contribution in [3.05, 3.63) is 180 Å². The number of hydrogen-bond acceptors (Lipinski definition) is 6. The van der Waals surface area contributed by atoms with Gasteiger partial charge in [0.1, 0.15) is 0 Å². The lowest BCUT2D eigenvalue weighted by atomic mass is 10.1. The number of benzene rings is 5. The molecule has 6 N–H and O–H groups in total. The van der Waals surface area contributed by atoms with Crippen LogP contribution in [-0.4, -0.2) is 66.7 Å². The summed E-state index contributed by atoms with van der Waals surface area (Å²) in [4.78, 5) is 40.8. The highest BCUT2D eigenvalue weighted by molar-refractivity contribution is 5.88. The van der Waals surface area contributed by atoms with Crippen molar-refractivity contribution in [2.24, 2.45) is 0 Å². The van der Waals surface area contributed by atoms with Crippen LogP contribution in [0.15, 0.2) is 158 Å². The van der Waals surface area contributed by atoms with Gasteiger partial charge in [-0.1, -0.05) is 129 Å². The van der Waals surface area contributed by atoms with E-state index in [9.17, 15) is 24.3 Å². The first-order valence-electron chi connectivity index (χ1n) is 16.4. The highest BCUT2D eigenvalue weighted by Gasteiger charge is 2.08. The number of aromatic carboxylic acids is 4. The van der Waals surface area contributed by atoms with Crippen LogP contribution in [0.3, 0.4) is 0 Å². The van der Waals surface area contributed by atoms with Crippen molar-refractivity contribution in [1.29, 1.82) is 0 Å². The molecule has 52 heavy (non-hydrogen) atoms. The molecule has 0 aliphatic rings. The Bertz CT molecular complexity index is 1390. The Hall–Kier alpha value is -6.10. The molecule has 0 fully saturated rings. The van der Waals surface area contributed by atoms with Crippen molar-refractivity contribution in [2.75, 3.05) is 0 Å². The molecule has 2 atom stereocenters. The summed E-state index contributed by atoms with van der Waals surface area (Å²) in [6.45, 7) is 3.95. The third kappa shape index (κ3) is 25.0. The van der Waals surface area contributed by atoms with Crippen molar-refractivity contribution >= 4 is 23.9 Å². The first-order chi connectivity index (χ1) is 24.9. The van der Waals surface area contributed by atoms with Crippen LogP contribution >= 0.6 is 0 Å². The Balaban J connectivity index is 0.000000603. The molecule has 2 unspecified atom stereocenters. The lowest BCUT2D eigenvalue weighted by Gasteiger charge is -2.12. The van der Waals surface area contributed by atoms with E-state index in [1.54, 1.807) is 121 Å². The quantitative estimate of drug-likeness (QED) is 0.0864. The third-order valence-electron chi connectivity index (χ3n) is 6.39. The van der Waals surface area contributed by atoms with Crippen LogP contribution in [0.5, 0.6) is 0 Å². The first kappa shape index (κ1) is 45.9. The summed E-state index contributed by atoms with van der Waals surface area (Å²) in [6.07, 6.45) is 2.43. The standard InChI is InChI=1S/C8H18O2.4C7H6O2.C6H6/c1-3-5-8(10)6-7(9)4-2;4*8-7(9)6-4-2-1-3-5-6;1-2-4-6-5-3-1/h7-10H,3-6H2,1-2H3;4*1-5H,(H,8,9);1-6H. The predicted molar refractivity (Wildman–Crippen MR) is 202 cm³/mol. The average molecular weight is 713 g/mol. The molecule has 0 amide bonds. The summed E-state index contributed by atoms with van der Waals surface area (Å²) in [6, 6.07) is 45.2. The van der Waals surface area contributed by atoms with Gasteiger partial charge >= 0.3 is 23.9 Å². The molecule has 5 rings (SSSR count). The minimum Gasteiger partial charge on any atom is -0.478 e. The minimum absolute atomic E-state index is 0.306. The molecule has 10 heteroatoms. The van der Waals surface area contributed by atoms with E-state index in [1.165, 1.54) is 0 Å². The fraction of sp³-hybridized carbons (Fsp3) is 0.190. The zero-order valence-corrected chi connectivity index (χ0v) is 29.3. The lowest BCUT2D eigenvalue weighted by Crippen LogP contribution is -2.16. The first-order valence-corrected chi connectivity index (χ1v) is 16.4. The van der Waals surface area contributed by atoms with Gasteiger partial charge in [-0.25, -0.2) is 19.2 Å². The number of rotatable bonds is 9. The number of carboxylic acid groups (broad SMARTS) is 4. The molecule has 0 aromatic heterocycles. The van der Waals surface area contributed by atoms with Crippen molar-refractivity contribution in [3.8, 4) is 0 Å². The van der Waals surface area contributed by atoms with Crippen LogP contribution in [0.4, 0.5) is 0 Å². The molecule has 0 saturated carbocycles. The van der Waals surface area contributed by atoms with Gasteiger partial charge in [-0.15, -0.1) is 0 Å². The fourth-order valence-corrected chi connectivity index (χ4v) is 3.64. The zero-order valence-electron chi connectivity index (χ0n) is 29.3. The Morgan fingerprint density at radius 1 is 0.404 bits per heavy atom. The Labute approximate surface area is 304 Å². The molecule has 0 spiro atoms. The van der Waals surface area contributed by atoms with E-state index >= 15 is 0 Å². The largest absolute Gasteiger partial charge is 0.478 e. The van der Waals surface area contributed by atoms with Crippen molar-refractivity contribution < 1.29 is 49.8 Å². The van der Waals surface area contributed by atoms with Crippen molar-refractivity contribution in [1.82, 2.24) is 0 Å². The van der Waals surface area contributed by atoms with E-state index in [4.69, 9.17) is 25.5 Å². The van der Waals surface area contributed by atoms with E-state index in [0.29, 0.717) is 28.7 Å². The van der Waals surface area contributed by atoms with Gasteiger partial charge in [0.05, 0.1) is 34.5 Å². The maximum atomic E-state index is 10.2. The van der Waals surface area contributed by atoms with Crippen LogP contribution < -0.4 is 0 Å². The summed E-state index contributed by atoms with van der Waals surface area (Å²) in [5, 5.41) is 51.8. The maximum absolute atomic E-state index is 10.2. The predicted octanol–water partition coefficient (Wildman–Crippen LogP) is 8.53. The van der Waals surface area contributed by atoms with E-state index in [0.717, 1.165) is 19.3 Å². The average Bonchev–Trinajstić information content (AvgIpc) is 3.18. The molecular formula is C42H48O10. The van der Waals surface area contributed by atoms with Gasteiger partial charge in [0.15, 0.2) is 0 Å². The zero-order chi connectivity index (χ0) is 39.0. The Morgan fingerprint density at radius 2 is 0.615 bits per heavy atom. The number of carboxylic acids is 4. The molecule has 5 aromatic rings. The smallest absolute Gasteiger partial charge is 0.335 e. The van der Waals surface area contributed by atoms with E-state index in [1.807, 2.05) is 50.2 Å². The van der Waals surface area contributed by atoms with E-state index in [-0.39, 0.29) is 12.2 Å². The van der Waals surface area contributed by atoms with Crippen LogP contribution in [0.25, 0.3) is 0 Å². The van der Waals surface area contributed by atoms with Gasteiger partial charge in [-0.05, 0) is 67.8 Å². The summed E-state index contributed by atoms with van der Waals surface area (Å²) in [5.74, 6) is -3.52. The van der Waals surface area contributed by atoms with Gasteiger partial charge < -0.3 is 30.6 Å². The highest BCUT2D eigenvalue weighted by Crippen LogP contribution is 2.06. The summed E-state index contributed by atoms with van der Waals surface area (Å²) in [5.41, 5.74) is 1.32. The maximum Gasteiger partial charge on any atom is 0.335 e. The topological polar surface area (TPSA) is 190 Å². The molecule has 0 saturated heterocycles. The van der Waals surface area contributed by atoms with Crippen LogP contribution in [0.2, 0.25) is 0 Å². The molecule has 5 aromatic carbocycles. The van der Waals surface area contributed by atoms with Gasteiger partial charge in [-0.3, -0.25) is 0 Å². The SMILES string of the molecule is CCCC(O)CC(O)CC.O=C(O)c1ccccc1.O=C(O)c1ccccc1.O=C(O)c1ccccc1.O=C(O)c1ccccc1.c1ccccc1. The third-order valence-corrected chi connectivity index (χ3v) is 6.39. The number of aliphatic hydroxyl groups is 2.